The van der Waals surface area contributed by atoms with Gasteiger partial charge in [-0.1, -0.05) is 35.1 Å². The molecule has 0 spiro atoms. The predicted molar refractivity (Wildman–Crippen MR) is 93.3 cm³/mol. The van der Waals surface area contributed by atoms with Gasteiger partial charge < -0.3 is 5.32 Å². The number of aromatic nitrogens is 1. The van der Waals surface area contributed by atoms with Gasteiger partial charge in [0.15, 0.2) is 5.13 Å². The molecule has 2 aromatic carbocycles. The van der Waals surface area contributed by atoms with Crippen LogP contribution in [0.2, 0.25) is 5.02 Å². The van der Waals surface area contributed by atoms with E-state index in [1.54, 1.807) is 36.4 Å². The van der Waals surface area contributed by atoms with E-state index in [2.05, 4.69) is 15.6 Å². The highest BCUT2D eigenvalue weighted by Crippen LogP contribution is 2.29. The van der Waals surface area contributed by atoms with Crippen molar-refractivity contribution in [2.45, 2.75) is 6.92 Å². The number of carbonyl (C=O) groups excluding carboxylic acids is 2. The van der Waals surface area contributed by atoms with Crippen molar-refractivity contribution in [3.05, 3.63) is 53.1 Å². The Labute approximate surface area is 141 Å². The number of carbonyl (C=O) groups is 2. The molecule has 7 heteroatoms. The first-order valence-electron chi connectivity index (χ1n) is 6.77. The van der Waals surface area contributed by atoms with Gasteiger partial charge in [0.1, 0.15) is 0 Å². The molecule has 23 heavy (non-hydrogen) atoms. The lowest BCUT2D eigenvalue weighted by Gasteiger charge is -2.02. The number of benzene rings is 2. The second kappa shape index (κ2) is 6.36. The van der Waals surface area contributed by atoms with Gasteiger partial charge in [0.2, 0.25) is 5.91 Å². The molecular formula is C16H12ClN3O2S. The highest BCUT2D eigenvalue weighted by atomic mass is 35.5. The number of hydrogen-bond donors (Lipinski definition) is 2. The summed E-state index contributed by atoms with van der Waals surface area (Å²) in [5.74, 6) is -0.446. The lowest BCUT2D eigenvalue weighted by molar-refractivity contribution is -0.114. The van der Waals surface area contributed by atoms with Crippen molar-refractivity contribution in [2.75, 3.05) is 10.6 Å². The second-order valence-electron chi connectivity index (χ2n) is 4.82. The molecule has 0 bridgehead atoms. The van der Waals surface area contributed by atoms with Crippen molar-refractivity contribution in [1.29, 1.82) is 0 Å². The Hall–Kier alpha value is -2.44. The summed E-state index contributed by atoms with van der Waals surface area (Å²) in [6.45, 7) is 1.45. The highest BCUT2D eigenvalue weighted by molar-refractivity contribution is 7.22. The van der Waals surface area contributed by atoms with E-state index in [0.29, 0.717) is 21.4 Å². The van der Waals surface area contributed by atoms with E-state index in [-0.39, 0.29) is 11.8 Å². The number of nitrogens with zero attached hydrogens (tertiary/aromatic N) is 1. The number of thiazole rings is 1. The summed E-state index contributed by atoms with van der Waals surface area (Å²) in [6.07, 6.45) is 0. The average molecular weight is 346 g/mol. The van der Waals surface area contributed by atoms with Crippen LogP contribution in [0, 0.1) is 0 Å². The zero-order valence-electron chi connectivity index (χ0n) is 12.1. The molecule has 0 aliphatic heterocycles. The summed E-state index contributed by atoms with van der Waals surface area (Å²) in [5, 5.41) is 6.33. The minimum absolute atomic E-state index is 0.138. The first-order chi connectivity index (χ1) is 11.0. The van der Waals surface area contributed by atoms with Crippen molar-refractivity contribution < 1.29 is 9.59 Å². The van der Waals surface area contributed by atoms with Crippen molar-refractivity contribution in [2.24, 2.45) is 0 Å². The van der Waals surface area contributed by atoms with Gasteiger partial charge in [0.05, 0.1) is 20.8 Å². The van der Waals surface area contributed by atoms with Gasteiger partial charge in [-0.15, -0.1) is 0 Å². The molecule has 0 atom stereocenters. The Bertz CT molecular complexity index is 907. The lowest BCUT2D eigenvalue weighted by atomic mass is 10.2. The fraction of sp³-hybridized carbons (Fsp3) is 0.0625. The normalized spacial score (nSPS) is 10.5. The minimum atomic E-state index is -0.309. The first kappa shape index (κ1) is 15.5. The summed E-state index contributed by atoms with van der Waals surface area (Å²) >= 11 is 7.35. The van der Waals surface area contributed by atoms with E-state index in [4.69, 9.17) is 11.6 Å². The minimum Gasteiger partial charge on any atom is -0.326 e. The number of rotatable bonds is 3. The summed E-state index contributed by atoms with van der Waals surface area (Å²) in [4.78, 5) is 27.7. The summed E-state index contributed by atoms with van der Waals surface area (Å²) in [6, 6.07) is 12.2. The molecule has 5 nitrogen and oxygen atoms in total. The van der Waals surface area contributed by atoms with E-state index in [9.17, 15) is 9.59 Å². The largest absolute Gasteiger partial charge is 0.326 e. The Kier molecular flexibility index (Phi) is 4.27. The van der Waals surface area contributed by atoms with Crippen LogP contribution in [-0.2, 0) is 4.79 Å². The smallest absolute Gasteiger partial charge is 0.258 e. The van der Waals surface area contributed by atoms with E-state index in [1.807, 2.05) is 6.07 Å². The molecule has 0 radical (unpaired) electrons. The van der Waals surface area contributed by atoms with Gasteiger partial charge in [0.25, 0.3) is 5.91 Å². The molecule has 1 aromatic heterocycles. The van der Waals surface area contributed by atoms with Gasteiger partial charge in [0, 0.05) is 12.6 Å². The van der Waals surface area contributed by atoms with Crippen LogP contribution in [0.1, 0.15) is 17.3 Å². The van der Waals surface area contributed by atoms with Crippen molar-refractivity contribution >= 4 is 55.8 Å². The number of fused-ring (bicyclic) bond motifs is 1. The topological polar surface area (TPSA) is 71.1 Å². The Balaban J connectivity index is 1.85. The van der Waals surface area contributed by atoms with Crippen LogP contribution in [0.15, 0.2) is 42.5 Å². The molecule has 1 heterocycles. The molecule has 0 saturated carbocycles. The van der Waals surface area contributed by atoms with Gasteiger partial charge in [-0.3, -0.25) is 14.9 Å². The summed E-state index contributed by atoms with van der Waals surface area (Å²) in [7, 11) is 0. The zero-order chi connectivity index (χ0) is 16.4. The molecule has 2 N–H and O–H groups in total. The van der Waals surface area contributed by atoms with Gasteiger partial charge in [-0.05, 0) is 30.3 Å². The number of hydrogen-bond acceptors (Lipinski definition) is 4. The summed E-state index contributed by atoms with van der Waals surface area (Å²) < 4.78 is 0.866. The highest BCUT2D eigenvalue weighted by Gasteiger charge is 2.12. The SMILES string of the molecule is CC(=O)Nc1ccc2nc(NC(=O)c3ccccc3Cl)sc2c1. The monoisotopic (exact) mass is 345 g/mol. The van der Waals surface area contributed by atoms with E-state index in [1.165, 1.54) is 18.3 Å². The molecule has 0 aliphatic rings. The zero-order valence-corrected chi connectivity index (χ0v) is 13.7. The standard InChI is InChI=1S/C16H12ClN3O2S/c1-9(21)18-10-6-7-13-14(8-10)23-16(19-13)20-15(22)11-4-2-3-5-12(11)17/h2-8H,1H3,(H,18,21)(H,19,20,22). The van der Waals surface area contributed by atoms with Crippen LogP contribution in [0.3, 0.4) is 0 Å². The maximum atomic E-state index is 12.2. The van der Waals surface area contributed by atoms with Gasteiger partial charge >= 0.3 is 0 Å². The molecule has 116 valence electrons. The van der Waals surface area contributed by atoms with Crippen LogP contribution >= 0.6 is 22.9 Å². The van der Waals surface area contributed by atoms with E-state index < -0.39 is 0 Å². The fourth-order valence-electron chi connectivity index (χ4n) is 2.07. The molecule has 0 saturated heterocycles. The molecule has 0 fully saturated rings. The molecule has 2 amide bonds. The number of anilines is 2. The fourth-order valence-corrected chi connectivity index (χ4v) is 3.19. The molecule has 3 rings (SSSR count). The maximum Gasteiger partial charge on any atom is 0.258 e. The molecule has 3 aromatic rings. The average Bonchev–Trinajstić information content (AvgIpc) is 2.88. The van der Waals surface area contributed by atoms with Crippen LogP contribution in [0.4, 0.5) is 10.8 Å². The predicted octanol–water partition coefficient (Wildman–Crippen LogP) is 4.16. The summed E-state index contributed by atoms with van der Waals surface area (Å²) in [5.41, 5.74) is 1.84. The van der Waals surface area contributed by atoms with Crippen LogP contribution < -0.4 is 10.6 Å². The first-order valence-corrected chi connectivity index (χ1v) is 7.96. The number of nitrogens with one attached hydrogen (secondary N) is 2. The molecule has 0 aliphatic carbocycles. The second-order valence-corrected chi connectivity index (χ2v) is 6.25. The number of halogens is 1. The van der Waals surface area contributed by atoms with Crippen LogP contribution in [0.25, 0.3) is 10.2 Å². The molecular weight excluding hydrogens is 334 g/mol. The van der Waals surface area contributed by atoms with Gasteiger partial charge in [-0.25, -0.2) is 4.98 Å². The number of amides is 2. The van der Waals surface area contributed by atoms with E-state index >= 15 is 0 Å². The Morgan fingerprint density at radius 1 is 1.13 bits per heavy atom. The van der Waals surface area contributed by atoms with Crippen LogP contribution in [-0.4, -0.2) is 16.8 Å². The van der Waals surface area contributed by atoms with Crippen molar-refractivity contribution in [3.63, 3.8) is 0 Å². The van der Waals surface area contributed by atoms with Crippen LogP contribution in [0.5, 0.6) is 0 Å². The van der Waals surface area contributed by atoms with Crippen molar-refractivity contribution in [3.8, 4) is 0 Å². The van der Waals surface area contributed by atoms with Crippen molar-refractivity contribution in [1.82, 2.24) is 4.98 Å². The van der Waals surface area contributed by atoms with Gasteiger partial charge in [-0.2, -0.15) is 0 Å². The maximum absolute atomic E-state index is 12.2. The third kappa shape index (κ3) is 3.49. The third-order valence-corrected chi connectivity index (χ3v) is 4.31. The Morgan fingerprint density at radius 3 is 2.65 bits per heavy atom. The lowest BCUT2D eigenvalue weighted by Crippen LogP contribution is -2.11. The third-order valence-electron chi connectivity index (χ3n) is 3.05. The van der Waals surface area contributed by atoms with E-state index in [0.717, 1.165) is 10.2 Å². The molecule has 0 unspecified atom stereocenters. The quantitative estimate of drug-likeness (QED) is 0.748. The Morgan fingerprint density at radius 2 is 1.91 bits per heavy atom.